The van der Waals surface area contributed by atoms with Crippen molar-refractivity contribution in [1.29, 1.82) is 5.26 Å². The molecule has 1 aromatic rings. The summed E-state index contributed by atoms with van der Waals surface area (Å²) in [5.41, 5.74) is 4.75. The molecule has 0 aliphatic rings. The SMILES string of the molecule is Cc1ccc(C#N)cc1NNC(=O)C(F)(F)F. The minimum Gasteiger partial charge on any atom is -0.298 e. The molecule has 0 spiro atoms. The fraction of sp³-hybridized carbons (Fsp3) is 0.200. The van der Waals surface area contributed by atoms with Gasteiger partial charge in [0.05, 0.1) is 17.3 Å². The second-order valence-electron chi connectivity index (χ2n) is 3.22. The molecule has 0 saturated heterocycles. The van der Waals surface area contributed by atoms with Gasteiger partial charge in [-0.1, -0.05) is 6.07 Å². The molecule has 0 aliphatic carbocycles. The summed E-state index contributed by atoms with van der Waals surface area (Å²) in [6.45, 7) is 1.63. The van der Waals surface area contributed by atoms with E-state index in [0.29, 0.717) is 5.56 Å². The van der Waals surface area contributed by atoms with E-state index in [2.05, 4.69) is 5.43 Å². The standard InChI is InChI=1S/C10H8F3N3O/c1-6-2-3-7(5-14)4-8(6)15-16-9(17)10(11,12)13/h2-4,15H,1H3,(H,16,17). The number of benzene rings is 1. The number of alkyl halides is 3. The molecular weight excluding hydrogens is 235 g/mol. The molecule has 90 valence electrons. The number of nitriles is 1. The smallest absolute Gasteiger partial charge is 0.298 e. The number of hydrazine groups is 1. The third kappa shape index (κ3) is 3.38. The number of halogens is 3. The van der Waals surface area contributed by atoms with E-state index in [1.165, 1.54) is 17.6 Å². The maximum Gasteiger partial charge on any atom is 0.472 e. The van der Waals surface area contributed by atoms with Gasteiger partial charge in [0.1, 0.15) is 0 Å². The van der Waals surface area contributed by atoms with Gasteiger partial charge in [0.2, 0.25) is 0 Å². The average molecular weight is 243 g/mol. The van der Waals surface area contributed by atoms with Crippen molar-refractivity contribution in [3.8, 4) is 6.07 Å². The molecule has 0 saturated carbocycles. The van der Waals surface area contributed by atoms with Crippen molar-refractivity contribution in [1.82, 2.24) is 5.43 Å². The summed E-state index contributed by atoms with van der Waals surface area (Å²) in [6.07, 6.45) is -4.95. The Labute approximate surface area is 95.0 Å². The number of nitrogens with one attached hydrogen (secondary N) is 2. The Kier molecular flexibility index (Phi) is 3.58. The molecule has 0 atom stereocenters. The molecule has 1 rings (SSSR count). The van der Waals surface area contributed by atoms with E-state index in [4.69, 9.17) is 5.26 Å². The summed E-state index contributed by atoms with van der Waals surface area (Å²) in [7, 11) is 0. The first kappa shape index (κ1) is 12.8. The van der Waals surface area contributed by atoms with E-state index >= 15 is 0 Å². The minimum atomic E-state index is -4.95. The zero-order valence-electron chi connectivity index (χ0n) is 8.72. The van der Waals surface area contributed by atoms with Gasteiger partial charge in [0.15, 0.2) is 0 Å². The molecule has 0 heterocycles. The number of anilines is 1. The van der Waals surface area contributed by atoms with E-state index in [1.54, 1.807) is 13.0 Å². The highest BCUT2D eigenvalue weighted by Crippen LogP contribution is 2.17. The maximum absolute atomic E-state index is 11.9. The van der Waals surface area contributed by atoms with E-state index in [1.807, 2.05) is 6.07 Å². The highest BCUT2D eigenvalue weighted by Gasteiger charge is 2.38. The van der Waals surface area contributed by atoms with Crippen LogP contribution in [0.3, 0.4) is 0 Å². The largest absolute Gasteiger partial charge is 0.472 e. The van der Waals surface area contributed by atoms with Gasteiger partial charge in [-0.05, 0) is 24.6 Å². The van der Waals surface area contributed by atoms with E-state index < -0.39 is 12.1 Å². The molecule has 0 aromatic heterocycles. The van der Waals surface area contributed by atoms with Crippen molar-refractivity contribution in [2.75, 3.05) is 5.43 Å². The number of aryl methyl sites for hydroxylation is 1. The second-order valence-corrected chi connectivity index (χ2v) is 3.22. The zero-order chi connectivity index (χ0) is 13.1. The van der Waals surface area contributed by atoms with Crippen LogP contribution < -0.4 is 10.9 Å². The Morgan fingerprint density at radius 3 is 2.59 bits per heavy atom. The fourth-order valence-corrected chi connectivity index (χ4v) is 1.02. The first-order chi connectivity index (χ1) is 7.84. The zero-order valence-corrected chi connectivity index (χ0v) is 8.72. The monoisotopic (exact) mass is 243 g/mol. The van der Waals surface area contributed by atoms with Crippen molar-refractivity contribution in [2.24, 2.45) is 0 Å². The molecule has 1 aromatic carbocycles. The average Bonchev–Trinajstić information content (AvgIpc) is 2.26. The Balaban J connectivity index is 2.77. The number of rotatable bonds is 2. The molecule has 17 heavy (non-hydrogen) atoms. The predicted molar refractivity (Wildman–Crippen MR) is 53.7 cm³/mol. The quantitative estimate of drug-likeness (QED) is 0.779. The number of carbonyl (C=O) groups is 1. The van der Waals surface area contributed by atoms with E-state index in [-0.39, 0.29) is 11.3 Å². The van der Waals surface area contributed by atoms with Gasteiger partial charge in [-0.2, -0.15) is 18.4 Å². The summed E-state index contributed by atoms with van der Waals surface area (Å²) in [4.78, 5) is 10.5. The molecule has 0 bridgehead atoms. The normalized spacial score (nSPS) is 10.5. The molecule has 0 fully saturated rings. The number of hydrogen-bond donors (Lipinski definition) is 2. The van der Waals surface area contributed by atoms with Crippen molar-refractivity contribution >= 4 is 11.6 Å². The third-order valence-corrected chi connectivity index (χ3v) is 1.93. The van der Waals surface area contributed by atoms with Crippen LogP contribution in [0.1, 0.15) is 11.1 Å². The molecule has 0 radical (unpaired) electrons. The van der Waals surface area contributed by atoms with Crippen molar-refractivity contribution in [2.45, 2.75) is 13.1 Å². The van der Waals surface area contributed by atoms with Gasteiger partial charge in [-0.25, -0.2) is 0 Å². The van der Waals surface area contributed by atoms with Crippen LogP contribution in [0.25, 0.3) is 0 Å². The van der Waals surface area contributed by atoms with E-state index in [9.17, 15) is 18.0 Å². The number of amides is 1. The Hall–Kier alpha value is -2.23. The Bertz CT molecular complexity index is 477. The number of hydrogen-bond acceptors (Lipinski definition) is 3. The number of nitrogens with zero attached hydrogens (tertiary/aromatic N) is 1. The van der Waals surface area contributed by atoms with Crippen LogP contribution in [-0.2, 0) is 4.79 Å². The molecule has 2 N–H and O–H groups in total. The van der Waals surface area contributed by atoms with Crippen LogP contribution in [0.4, 0.5) is 18.9 Å². The summed E-state index contributed by atoms with van der Waals surface area (Å²) in [5, 5.41) is 8.61. The van der Waals surface area contributed by atoms with Crippen LogP contribution in [0.2, 0.25) is 0 Å². The van der Waals surface area contributed by atoms with Crippen LogP contribution in [-0.4, -0.2) is 12.1 Å². The fourth-order valence-electron chi connectivity index (χ4n) is 1.02. The lowest BCUT2D eigenvalue weighted by Gasteiger charge is -2.12. The third-order valence-electron chi connectivity index (χ3n) is 1.93. The van der Waals surface area contributed by atoms with Gasteiger partial charge in [0.25, 0.3) is 0 Å². The van der Waals surface area contributed by atoms with Crippen LogP contribution in [0, 0.1) is 18.3 Å². The minimum absolute atomic E-state index is 0.238. The van der Waals surface area contributed by atoms with Crippen molar-refractivity contribution < 1.29 is 18.0 Å². The van der Waals surface area contributed by atoms with Crippen molar-refractivity contribution in [3.63, 3.8) is 0 Å². The molecule has 0 unspecified atom stereocenters. The topological polar surface area (TPSA) is 64.9 Å². The maximum atomic E-state index is 11.9. The molecule has 7 heteroatoms. The Morgan fingerprint density at radius 2 is 2.06 bits per heavy atom. The molecule has 1 amide bonds. The van der Waals surface area contributed by atoms with Gasteiger partial charge >= 0.3 is 12.1 Å². The summed E-state index contributed by atoms with van der Waals surface area (Å²) < 4.78 is 35.7. The van der Waals surface area contributed by atoms with E-state index in [0.717, 1.165) is 0 Å². The first-order valence-electron chi connectivity index (χ1n) is 4.48. The summed E-state index contributed by atoms with van der Waals surface area (Å²) >= 11 is 0. The highest BCUT2D eigenvalue weighted by atomic mass is 19.4. The highest BCUT2D eigenvalue weighted by molar-refractivity contribution is 5.83. The molecule has 0 aliphatic heterocycles. The second kappa shape index (κ2) is 4.74. The predicted octanol–water partition coefficient (Wildman–Crippen LogP) is 1.87. The first-order valence-corrected chi connectivity index (χ1v) is 4.48. The lowest BCUT2D eigenvalue weighted by molar-refractivity contribution is -0.173. The number of carbonyl (C=O) groups excluding carboxylic acids is 1. The molecular formula is C10H8F3N3O. The lowest BCUT2D eigenvalue weighted by atomic mass is 10.1. The van der Waals surface area contributed by atoms with Gasteiger partial charge in [-0.15, -0.1) is 0 Å². The van der Waals surface area contributed by atoms with Gasteiger partial charge < -0.3 is 0 Å². The summed E-state index contributed by atoms with van der Waals surface area (Å²) in [5.74, 6) is -2.10. The van der Waals surface area contributed by atoms with Gasteiger partial charge in [-0.3, -0.25) is 15.6 Å². The molecule has 4 nitrogen and oxygen atoms in total. The van der Waals surface area contributed by atoms with Crippen molar-refractivity contribution in [3.05, 3.63) is 29.3 Å². The lowest BCUT2D eigenvalue weighted by Crippen LogP contribution is -2.40. The Morgan fingerprint density at radius 1 is 1.41 bits per heavy atom. The van der Waals surface area contributed by atoms with Gasteiger partial charge in [0, 0.05) is 0 Å². The van der Waals surface area contributed by atoms with Crippen LogP contribution in [0.5, 0.6) is 0 Å². The van der Waals surface area contributed by atoms with Crippen LogP contribution >= 0.6 is 0 Å². The summed E-state index contributed by atoms with van der Waals surface area (Å²) in [6, 6.07) is 6.25. The van der Waals surface area contributed by atoms with Crippen LogP contribution in [0.15, 0.2) is 18.2 Å².